The van der Waals surface area contributed by atoms with E-state index in [0.717, 1.165) is 42.6 Å². The number of nitrogens with two attached hydrogens (primary N) is 1. The van der Waals surface area contributed by atoms with Crippen LogP contribution in [0, 0.1) is 36.4 Å². The number of ketones is 1. The Morgan fingerprint density at radius 1 is 1.02 bits per heavy atom. The van der Waals surface area contributed by atoms with Crippen LogP contribution in [0.1, 0.15) is 43.7 Å². The number of allylic oxidation sites excluding steroid dienone is 1. The maximum atomic E-state index is 13.4. The first kappa shape index (κ1) is 31.5. The van der Waals surface area contributed by atoms with E-state index in [4.69, 9.17) is 15.5 Å². The SMILES string of the molecule is C=CC(=Nc1cc(Oc2ccc(F)cc2)ccc1C)C1CC(CCc2ccccc2)CC(C)C(C(=O)C=NCN=CN)C1. The third kappa shape index (κ3) is 9.30. The number of hydrogen-bond acceptors (Lipinski definition) is 5. The molecule has 1 saturated carbocycles. The molecule has 224 valence electrons. The normalized spacial score (nSPS) is 21.1. The molecule has 0 amide bonds. The minimum Gasteiger partial charge on any atom is -0.457 e. The molecule has 7 heteroatoms. The molecule has 3 aromatic carbocycles. The summed E-state index contributed by atoms with van der Waals surface area (Å²) in [6.45, 7) is 8.46. The number of ether oxygens (including phenoxy) is 1. The number of rotatable bonds is 12. The fourth-order valence-corrected chi connectivity index (χ4v) is 5.89. The van der Waals surface area contributed by atoms with Crippen LogP contribution in [0.25, 0.3) is 0 Å². The van der Waals surface area contributed by atoms with Gasteiger partial charge in [0.2, 0.25) is 0 Å². The lowest BCUT2D eigenvalue weighted by molar-refractivity contribution is -0.117. The summed E-state index contributed by atoms with van der Waals surface area (Å²) in [5.41, 5.74) is 9.27. The van der Waals surface area contributed by atoms with Crippen molar-refractivity contribution in [1.82, 2.24) is 0 Å². The third-order valence-corrected chi connectivity index (χ3v) is 8.19. The summed E-state index contributed by atoms with van der Waals surface area (Å²) < 4.78 is 19.3. The number of hydrogen-bond donors (Lipinski definition) is 1. The van der Waals surface area contributed by atoms with Gasteiger partial charge >= 0.3 is 0 Å². The molecule has 0 aromatic heterocycles. The lowest BCUT2D eigenvalue weighted by atomic mass is 9.82. The van der Waals surface area contributed by atoms with Gasteiger partial charge in [-0.25, -0.2) is 4.39 Å². The van der Waals surface area contributed by atoms with Crippen LogP contribution >= 0.6 is 0 Å². The fraction of sp³-hybridized carbons (Fsp3) is 0.333. The lowest BCUT2D eigenvalue weighted by Crippen LogP contribution is -2.26. The van der Waals surface area contributed by atoms with Gasteiger partial charge in [0.25, 0.3) is 0 Å². The quantitative estimate of drug-likeness (QED) is 0.133. The molecule has 2 N–H and O–H groups in total. The van der Waals surface area contributed by atoms with Crippen molar-refractivity contribution in [3.05, 3.63) is 102 Å². The van der Waals surface area contributed by atoms with Gasteiger partial charge < -0.3 is 10.5 Å². The molecule has 1 fully saturated rings. The molecule has 0 heterocycles. The number of aryl methyl sites for hydroxylation is 2. The number of Topliss-reactive ketones (excluding diaryl/α,β-unsaturated/α-hetero) is 1. The zero-order chi connectivity index (χ0) is 30.6. The van der Waals surface area contributed by atoms with Gasteiger partial charge in [-0.1, -0.05) is 49.9 Å². The number of benzene rings is 3. The summed E-state index contributed by atoms with van der Waals surface area (Å²) in [4.78, 5) is 26.5. The first-order valence-corrected chi connectivity index (χ1v) is 14.9. The molecule has 0 radical (unpaired) electrons. The summed E-state index contributed by atoms with van der Waals surface area (Å²) in [7, 11) is 0. The highest BCUT2D eigenvalue weighted by Gasteiger charge is 2.35. The predicted octanol–water partition coefficient (Wildman–Crippen LogP) is 8.07. The Morgan fingerprint density at radius 3 is 2.49 bits per heavy atom. The van der Waals surface area contributed by atoms with Crippen LogP contribution in [0.3, 0.4) is 0 Å². The van der Waals surface area contributed by atoms with E-state index in [-0.39, 0.29) is 36.0 Å². The predicted molar refractivity (Wildman–Crippen MR) is 174 cm³/mol. The maximum Gasteiger partial charge on any atom is 0.176 e. The average Bonchev–Trinajstić information content (AvgIpc) is 3.18. The van der Waals surface area contributed by atoms with Gasteiger partial charge in [0.1, 0.15) is 24.0 Å². The summed E-state index contributed by atoms with van der Waals surface area (Å²) in [6, 6.07) is 22.2. The van der Waals surface area contributed by atoms with Crippen molar-refractivity contribution in [3.8, 4) is 11.5 Å². The molecular weight excluding hydrogens is 539 g/mol. The fourth-order valence-electron chi connectivity index (χ4n) is 5.89. The van der Waals surface area contributed by atoms with Gasteiger partial charge in [-0.3, -0.25) is 19.8 Å². The monoisotopic (exact) mass is 580 g/mol. The standard InChI is InChI=1S/C36H41FN4O2/c1-4-34(41-35-21-32(15-10-25(35)2)43-31-16-13-30(37)14-17-31)29-19-28(12-11-27-8-6-5-7-9-27)18-26(3)33(20-29)36(42)22-39-24-40-23-38/h4-10,13-17,21-23,26,28-29,33H,1,11-12,18-20,24H2,2-3H3,(H2,38,40). The Balaban J connectivity index is 1.61. The summed E-state index contributed by atoms with van der Waals surface area (Å²) >= 11 is 0. The Morgan fingerprint density at radius 2 is 1.77 bits per heavy atom. The molecule has 6 nitrogen and oxygen atoms in total. The first-order chi connectivity index (χ1) is 20.9. The van der Waals surface area contributed by atoms with Crippen LogP contribution in [-0.2, 0) is 11.2 Å². The van der Waals surface area contributed by atoms with Crippen LogP contribution in [0.15, 0.2) is 100 Å². The van der Waals surface area contributed by atoms with Crippen LogP contribution in [0.5, 0.6) is 11.5 Å². The van der Waals surface area contributed by atoms with Gasteiger partial charge in [0.05, 0.1) is 18.2 Å². The molecule has 0 bridgehead atoms. The average molecular weight is 581 g/mol. The van der Waals surface area contributed by atoms with Gasteiger partial charge in [-0.2, -0.15) is 0 Å². The number of nitrogens with zero attached hydrogens (tertiary/aromatic N) is 3. The van der Waals surface area contributed by atoms with E-state index in [1.54, 1.807) is 12.1 Å². The molecule has 1 aliphatic carbocycles. The van der Waals surface area contributed by atoms with Crippen molar-refractivity contribution in [2.24, 2.45) is 44.4 Å². The topological polar surface area (TPSA) is 89.4 Å². The third-order valence-electron chi connectivity index (χ3n) is 8.19. The number of carbonyl (C=O) groups excluding carboxylic acids is 1. The largest absolute Gasteiger partial charge is 0.457 e. The van der Waals surface area contributed by atoms with Crippen molar-refractivity contribution < 1.29 is 13.9 Å². The van der Waals surface area contributed by atoms with Gasteiger partial charge in [0, 0.05) is 23.6 Å². The highest BCUT2D eigenvalue weighted by molar-refractivity contribution is 6.28. The van der Waals surface area contributed by atoms with E-state index in [1.165, 1.54) is 30.2 Å². The van der Waals surface area contributed by atoms with Crippen LogP contribution in [-0.4, -0.2) is 30.7 Å². The second-order valence-electron chi connectivity index (χ2n) is 11.3. The van der Waals surface area contributed by atoms with E-state index in [0.29, 0.717) is 23.8 Å². The molecule has 0 saturated heterocycles. The molecule has 4 unspecified atom stereocenters. The number of carbonyl (C=O) groups is 1. The Kier molecular flexibility index (Phi) is 11.5. The van der Waals surface area contributed by atoms with E-state index in [2.05, 4.69) is 47.8 Å². The van der Waals surface area contributed by atoms with Crippen LogP contribution < -0.4 is 10.5 Å². The molecule has 3 aromatic rings. The van der Waals surface area contributed by atoms with E-state index < -0.39 is 0 Å². The minimum absolute atomic E-state index is 0.0164. The second-order valence-corrected chi connectivity index (χ2v) is 11.3. The van der Waals surface area contributed by atoms with Crippen molar-refractivity contribution >= 4 is 29.7 Å². The van der Waals surface area contributed by atoms with Crippen molar-refractivity contribution in [2.45, 2.75) is 46.0 Å². The Bertz CT molecular complexity index is 1450. The van der Waals surface area contributed by atoms with Crippen molar-refractivity contribution in [3.63, 3.8) is 0 Å². The smallest absolute Gasteiger partial charge is 0.176 e. The molecule has 4 atom stereocenters. The lowest BCUT2D eigenvalue weighted by Gasteiger charge is -2.22. The first-order valence-electron chi connectivity index (χ1n) is 14.9. The zero-order valence-corrected chi connectivity index (χ0v) is 25.0. The summed E-state index contributed by atoms with van der Waals surface area (Å²) in [5, 5.41) is 0. The Labute approximate surface area is 254 Å². The number of aliphatic imine (C=N–C) groups is 3. The van der Waals surface area contributed by atoms with Crippen LogP contribution in [0.2, 0.25) is 0 Å². The maximum absolute atomic E-state index is 13.4. The van der Waals surface area contributed by atoms with Gasteiger partial charge in [-0.15, -0.1) is 0 Å². The molecule has 4 rings (SSSR count). The van der Waals surface area contributed by atoms with Crippen LogP contribution in [0.4, 0.5) is 10.1 Å². The summed E-state index contributed by atoms with van der Waals surface area (Å²) in [5.74, 6) is 1.35. The van der Waals surface area contributed by atoms with E-state index in [9.17, 15) is 9.18 Å². The van der Waals surface area contributed by atoms with E-state index in [1.807, 2.05) is 37.3 Å². The summed E-state index contributed by atoms with van der Waals surface area (Å²) in [6.07, 6.45) is 9.01. The highest BCUT2D eigenvalue weighted by atomic mass is 19.1. The minimum atomic E-state index is -0.316. The molecule has 0 aliphatic heterocycles. The second kappa shape index (κ2) is 15.7. The zero-order valence-electron chi connectivity index (χ0n) is 25.0. The molecule has 1 aliphatic rings. The van der Waals surface area contributed by atoms with E-state index >= 15 is 0 Å². The molecular formula is C36H41FN4O2. The number of halogens is 1. The molecule has 0 spiro atoms. The highest BCUT2D eigenvalue weighted by Crippen LogP contribution is 2.39. The molecule has 43 heavy (non-hydrogen) atoms. The van der Waals surface area contributed by atoms with Crippen molar-refractivity contribution in [1.29, 1.82) is 0 Å². The van der Waals surface area contributed by atoms with Gasteiger partial charge in [-0.05, 0) is 98.4 Å². The van der Waals surface area contributed by atoms with Crippen molar-refractivity contribution in [2.75, 3.05) is 6.67 Å². The van der Waals surface area contributed by atoms with Gasteiger partial charge in [0.15, 0.2) is 5.78 Å². The Hall–Kier alpha value is -4.39.